The fraction of sp³-hybridized carbons (Fsp3) is 0.176. The van der Waals surface area contributed by atoms with Crippen molar-refractivity contribution >= 4 is 11.0 Å². The summed E-state index contributed by atoms with van der Waals surface area (Å²) in [5, 5.41) is 4.15. The minimum atomic E-state index is 0.577. The van der Waals surface area contributed by atoms with Gasteiger partial charge in [0.25, 0.3) is 0 Å². The zero-order chi connectivity index (χ0) is 13.8. The fourth-order valence-electron chi connectivity index (χ4n) is 2.17. The molecular weight excluding hydrogens is 250 g/mol. The smallest absolute Gasteiger partial charge is 0.134 e. The molecule has 1 heterocycles. The van der Waals surface area contributed by atoms with E-state index in [1.807, 2.05) is 49.5 Å². The molecule has 3 aromatic rings. The van der Waals surface area contributed by atoms with Crippen LogP contribution in [0, 0.1) is 0 Å². The van der Waals surface area contributed by atoms with Crippen LogP contribution in [0.1, 0.15) is 11.3 Å². The van der Waals surface area contributed by atoms with Crippen LogP contribution in [-0.2, 0) is 13.2 Å². The molecule has 1 aromatic heterocycles. The second kappa shape index (κ2) is 5.80. The van der Waals surface area contributed by atoms with E-state index >= 15 is 0 Å². The van der Waals surface area contributed by atoms with Crippen LogP contribution in [0.15, 0.2) is 59.0 Å². The number of rotatable bonds is 5. The SMILES string of the molecule is CNCc1cc2cc(OCc3ccccc3)ccc2o1. The van der Waals surface area contributed by atoms with Gasteiger partial charge < -0.3 is 14.5 Å². The Morgan fingerprint density at radius 1 is 1.05 bits per heavy atom. The minimum Gasteiger partial charge on any atom is -0.489 e. The normalized spacial score (nSPS) is 10.8. The Bertz CT molecular complexity index is 689. The third-order valence-corrected chi connectivity index (χ3v) is 3.14. The molecule has 0 saturated heterocycles. The van der Waals surface area contributed by atoms with Crippen molar-refractivity contribution in [2.75, 3.05) is 7.05 Å². The van der Waals surface area contributed by atoms with Crippen molar-refractivity contribution in [3.63, 3.8) is 0 Å². The first-order valence-electron chi connectivity index (χ1n) is 6.69. The topological polar surface area (TPSA) is 34.4 Å². The highest BCUT2D eigenvalue weighted by molar-refractivity contribution is 5.79. The molecule has 0 aliphatic heterocycles. The van der Waals surface area contributed by atoms with E-state index in [2.05, 4.69) is 17.4 Å². The van der Waals surface area contributed by atoms with Gasteiger partial charge >= 0.3 is 0 Å². The zero-order valence-electron chi connectivity index (χ0n) is 11.4. The number of benzene rings is 2. The molecule has 0 bridgehead atoms. The highest BCUT2D eigenvalue weighted by atomic mass is 16.5. The Morgan fingerprint density at radius 2 is 1.90 bits per heavy atom. The summed E-state index contributed by atoms with van der Waals surface area (Å²) >= 11 is 0. The molecule has 0 fully saturated rings. The standard InChI is InChI=1S/C17H17NO2/c1-18-11-16-10-14-9-15(7-8-17(14)20-16)19-12-13-5-3-2-4-6-13/h2-10,18H,11-12H2,1H3. The summed E-state index contributed by atoms with van der Waals surface area (Å²) < 4.78 is 11.5. The molecule has 0 aliphatic rings. The number of furan rings is 1. The number of nitrogens with one attached hydrogen (secondary N) is 1. The maximum Gasteiger partial charge on any atom is 0.134 e. The lowest BCUT2D eigenvalue weighted by molar-refractivity contribution is 0.306. The molecule has 0 saturated carbocycles. The second-order valence-corrected chi connectivity index (χ2v) is 4.72. The summed E-state index contributed by atoms with van der Waals surface area (Å²) in [6.45, 7) is 1.31. The van der Waals surface area contributed by atoms with Crippen LogP contribution in [0.25, 0.3) is 11.0 Å². The van der Waals surface area contributed by atoms with Gasteiger partial charge in [-0.2, -0.15) is 0 Å². The largest absolute Gasteiger partial charge is 0.489 e. The van der Waals surface area contributed by atoms with Crippen molar-refractivity contribution in [1.29, 1.82) is 0 Å². The number of hydrogen-bond acceptors (Lipinski definition) is 3. The Morgan fingerprint density at radius 3 is 2.70 bits per heavy atom. The van der Waals surface area contributed by atoms with E-state index in [-0.39, 0.29) is 0 Å². The van der Waals surface area contributed by atoms with Crippen LogP contribution in [0.3, 0.4) is 0 Å². The summed E-state index contributed by atoms with van der Waals surface area (Å²) in [5.41, 5.74) is 2.05. The van der Waals surface area contributed by atoms with Crippen molar-refractivity contribution < 1.29 is 9.15 Å². The van der Waals surface area contributed by atoms with Crippen LogP contribution in [-0.4, -0.2) is 7.05 Å². The maximum atomic E-state index is 5.81. The Kier molecular flexibility index (Phi) is 3.70. The van der Waals surface area contributed by atoms with Crippen molar-refractivity contribution in [1.82, 2.24) is 5.32 Å². The van der Waals surface area contributed by atoms with Gasteiger partial charge in [-0.1, -0.05) is 30.3 Å². The van der Waals surface area contributed by atoms with Gasteiger partial charge in [0.05, 0.1) is 6.54 Å². The lowest BCUT2D eigenvalue weighted by Gasteiger charge is -2.05. The van der Waals surface area contributed by atoms with Gasteiger partial charge in [-0.25, -0.2) is 0 Å². The van der Waals surface area contributed by atoms with Crippen molar-refractivity contribution in [3.05, 3.63) is 65.9 Å². The first-order chi connectivity index (χ1) is 9.85. The van der Waals surface area contributed by atoms with Crippen LogP contribution in [0.2, 0.25) is 0 Å². The fourth-order valence-corrected chi connectivity index (χ4v) is 2.17. The lowest BCUT2D eigenvalue weighted by Crippen LogP contribution is -2.03. The molecule has 3 nitrogen and oxygen atoms in total. The van der Waals surface area contributed by atoms with E-state index in [4.69, 9.17) is 9.15 Å². The highest BCUT2D eigenvalue weighted by Crippen LogP contribution is 2.24. The van der Waals surface area contributed by atoms with Gasteiger partial charge in [0.15, 0.2) is 0 Å². The van der Waals surface area contributed by atoms with Gasteiger partial charge in [-0.3, -0.25) is 0 Å². The molecule has 2 aromatic carbocycles. The summed E-state index contributed by atoms with van der Waals surface area (Å²) in [4.78, 5) is 0. The van der Waals surface area contributed by atoms with Crippen molar-refractivity contribution in [3.8, 4) is 5.75 Å². The Hall–Kier alpha value is -2.26. The molecule has 0 amide bonds. The first-order valence-corrected chi connectivity index (χ1v) is 6.69. The molecule has 3 rings (SSSR count). The number of fused-ring (bicyclic) bond motifs is 1. The molecular formula is C17H17NO2. The average Bonchev–Trinajstić information content (AvgIpc) is 2.88. The predicted molar refractivity (Wildman–Crippen MR) is 79.8 cm³/mol. The molecule has 0 aliphatic carbocycles. The van der Waals surface area contributed by atoms with E-state index in [0.717, 1.165) is 34.6 Å². The second-order valence-electron chi connectivity index (χ2n) is 4.72. The van der Waals surface area contributed by atoms with Crippen LogP contribution < -0.4 is 10.1 Å². The third-order valence-electron chi connectivity index (χ3n) is 3.14. The van der Waals surface area contributed by atoms with E-state index in [1.165, 1.54) is 0 Å². The van der Waals surface area contributed by atoms with Crippen molar-refractivity contribution in [2.24, 2.45) is 0 Å². The molecule has 3 heteroatoms. The van der Waals surface area contributed by atoms with Gasteiger partial charge in [0, 0.05) is 5.39 Å². The molecule has 0 radical (unpaired) electrons. The molecule has 1 N–H and O–H groups in total. The zero-order valence-corrected chi connectivity index (χ0v) is 11.4. The van der Waals surface area contributed by atoms with Gasteiger partial charge in [-0.15, -0.1) is 0 Å². The Labute approximate surface area is 118 Å². The molecule has 20 heavy (non-hydrogen) atoms. The summed E-state index contributed by atoms with van der Waals surface area (Å²) in [6.07, 6.45) is 0. The molecule has 0 unspecified atom stereocenters. The van der Waals surface area contributed by atoms with E-state index in [9.17, 15) is 0 Å². The summed E-state index contributed by atoms with van der Waals surface area (Å²) in [6, 6.07) is 18.1. The molecule has 0 spiro atoms. The first kappa shape index (κ1) is 12.8. The van der Waals surface area contributed by atoms with Gasteiger partial charge in [0.2, 0.25) is 0 Å². The molecule has 102 valence electrons. The average molecular weight is 267 g/mol. The quantitative estimate of drug-likeness (QED) is 0.765. The van der Waals surface area contributed by atoms with E-state index in [1.54, 1.807) is 0 Å². The maximum absolute atomic E-state index is 5.81. The summed E-state index contributed by atoms with van der Waals surface area (Å²) in [7, 11) is 1.90. The summed E-state index contributed by atoms with van der Waals surface area (Å²) in [5.74, 6) is 1.79. The van der Waals surface area contributed by atoms with Gasteiger partial charge in [0.1, 0.15) is 23.7 Å². The number of ether oxygens (including phenoxy) is 1. The predicted octanol–water partition coefficient (Wildman–Crippen LogP) is 3.73. The van der Waals surface area contributed by atoms with Crippen LogP contribution in [0.5, 0.6) is 5.75 Å². The van der Waals surface area contributed by atoms with E-state index in [0.29, 0.717) is 6.61 Å². The Balaban J connectivity index is 1.75. The monoisotopic (exact) mass is 267 g/mol. The third kappa shape index (κ3) is 2.83. The van der Waals surface area contributed by atoms with Gasteiger partial charge in [-0.05, 0) is 36.9 Å². The van der Waals surface area contributed by atoms with Crippen molar-refractivity contribution in [2.45, 2.75) is 13.2 Å². The van der Waals surface area contributed by atoms with E-state index < -0.39 is 0 Å². The lowest BCUT2D eigenvalue weighted by atomic mass is 10.2. The highest BCUT2D eigenvalue weighted by Gasteiger charge is 2.04. The van der Waals surface area contributed by atoms with Crippen LogP contribution in [0.4, 0.5) is 0 Å². The van der Waals surface area contributed by atoms with Crippen LogP contribution >= 0.6 is 0 Å². The number of hydrogen-bond donors (Lipinski definition) is 1. The minimum absolute atomic E-state index is 0.577. The molecule has 0 atom stereocenters.